The monoisotopic (exact) mass is 180 g/mol. The molecular formula is C12H20O. The van der Waals surface area contributed by atoms with Crippen molar-refractivity contribution in [2.45, 2.75) is 40.0 Å². The average molecular weight is 180 g/mol. The third-order valence-corrected chi connectivity index (χ3v) is 2.22. The largest absolute Gasteiger partial charge is 0.299 e. The van der Waals surface area contributed by atoms with E-state index in [0.29, 0.717) is 12.2 Å². The van der Waals surface area contributed by atoms with Gasteiger partial charge in [-0.25, -0.2) is 0 Å². The predicted octanol–water partition coefficient (Wildman–Crippen LogP) is 3.51. The Bertz CT molecular complexity index is 201. The Labute approximate surface area is 81.5 Å². The lowest BCUT2D eigenvalue weighted by molar-refractivity contribution is -0.121. The fourth-order valence-electron chi connectivity index (χ4n) is 1.53. The summed E-state index contributed by atoms with van der Waals surface area (Å²) in [6, 6.07) is 0. The molecule has 0 saturated carbocycles. The second-order valence-electron chi connectivity index (χ2n) is 3.32. The van der Waals surface area contributed by atoms with Crippen molar-refractivity contribution < 1.29 is 4.79 Å². The summed E-state index contributed by atoms with van der Waals surface area (Å²) in [6.07, 6.45) is 6.21. The van der Waals surface area contributed by atoms with Crippen LogP contribution in [0.5, 0.6) is 0 Å². The van der Waals surface area contributed by atoms with Gasteiger partial charge in [0.2, 0.25) is 0 Å². The van der Waals surface area contributed by atoms with E-state index < -0.39 is 0 Å². The molecular weight excluding hydrogens is 160 g/mol. The molecule has 0 aliphatic heterocycles. The van der Waals surface area contributed by atoms with Crippen LogP contribution in [-0.4, -0.2) is 5.78 Å². The summed E-state index contributed by atoms with van der Waals surface area (Å²) in [5.41, 5.74) is 1.14. The number of carbonyl (C=O) groups is 1. The molecule has 1 nitrogen and oxygen atoms in total. The molecule has 1 heteroatoms. The van der Waals surface area contributed by atoms with E-state index in [-0.39, 0.29) is 5.92 Å². The van der Waals surface area contributed by atoms with Crippen LogP contribution in [0.4, 0.5) is 0 Å². The zero-order chi connectivity index (χ0) is 10.3. The lowest BCUT2D eigenvalue weighted by Crippen LogP contribution is -2.14. The van der Waals surface area contributed by atoms with Crippen molar-refractivity contribution >= 4 is 5.78 Å². The van der Waals surface area contributed by atoms with Crippen LogP contribution in [0.15, 0.2) is 24.3 Å². The lowest BCUT2D eigenvalue weighted by atomic mass is 9.90. The number of ketones is 1. The molecule has 0 heterocycles. The minimum atomic E-state index is 0.109. The number of rotatable bonds is 6. The smallest absolute Gasteiger partial charge is 0.139 e. The molecule has 0 bridgehead atoms. The first-order valence-electron chi connectivity index (χ1n) is 4.99. The maximum absolute atomic E-state index is 11.6. The Hall–Kier alpha value is -0.850. The number of allylic oxidation sites excluding steroid dienone is 3. The third-order valence-electron chi connectivity index (χ3n) is 2.22. The first kappa shape index (κ1) is 12.2. The summed E-state index contributed by atoms with van der Waals surface area (Å²) in [6.45, 7) is 9.73. The summed E-state index contributed by atoms with van der Waals surface area (Å²) in [5.74, 6) is 0.471. The zero-order valence-corrected chi connectivity index (χ0v) is 8.97. The standard InChI is InChI=1S/C12H20O/c1-5-8-10(4)11(7-3)12(13)9-6-2/h5,8,11H,1,6-7,9H2,2-4H3/b10-8+/t11-/m1/s1. The Morgan fingerprint density at radius 2 is 2.08 bits per heavy atom. The van der Waals surface area contributed by atoms with E-state index in [1.54, 1.807) is 6.08 Å². The summed E-state index contributed by atoms with van der Waals surface area (Å²) in [4.78, 5) is 11.6. The van der Waals surface area contributed by atoms with Crippen molar-refractivity contribution in [3.63, 3.8) is 0 Å². The van der Waals surface area contributed by atoms with Crippen molar-refractivity contribution in [2.24, 2.45) is 5.92 Å². The maximum Gasteiger partial charge on any atom is 0.139 e. The molecule has 0 radical (unpaired) electrons. The highest BCUT2D eigenvalue weighted by molar-refractivity contribution is 5.83. The summed E-state index contributed by atoms with van der Waals surface area (Å²) in [5, 5.41) is 0. The SMILES string of the molecule is C=C/C=C(\C)[C@@H](CC)C(=O)CCC. The number of Topliss-reactive ketones (excluding diaryl/α,β-unsaturated/α-hetero) is 1. The second-order valence-corrected chi connectivity index (χ2v) is 3.32. The van der Waals surface area contributed by atoms with Crippen molar-refractivity contribution in [1.29, 1.82) is 0 Å². The number of hydrogen-bond donors (Lipinski definition) is 0. The Kier molecular flexibility index (Phi) is 6.21. The van der Waals surface area contributed by atoms with Crippen molar-refractivity contribution in [2.75, 3.05) is 0 Å². The van der Waals surface area contributed by atoms with Crippen molar-refractivity contribution in [1.82, 2.24) is 0 Å². The van der Waals surface area contributed by atoms with Crippen LogP contribution in [0, 0.1) is 5.92 Å². The number of carbonyl (C=O) groups excluding carboxylic acids is 1. The average Bonchev–Trinajstić information content (AvgIpc) is 2.06. The van der Waals surface area contributed by atoms with Gasteiger partial charge < -0.3 is 0 Å². The van der Waals surface area contributed by atoms with Crippen LogP contribution in [0.2, 0.25) is 0 Å². The van der Waals surface area contributed by atoms with Crippen molar-refractivity contribution in [3.8, 4) is 0 Å². The van der Waals surface area contributed by atoms with Crippen LogP contribution >= 0.6 is 0 Å². The summed E-state index contributed by atoms with van der Waals surface area (Å²) < 4.78 is 0. The summed E-state index contributed by atoms with van der Waals surface area (Å²) in [7, 11) is 0. The van der Waals surface area contributed by atoms with E-state index >= 15 is 0 Å². The molecule has 0 aromatic rings. The molecule has 0 saturated heterocycles. The molecule has 0 aromatic heterocycles. The quantitative estimate of drug-likeness (QED) is 0.572. The fraction of sp³-hybridized carbons (Fsp3) is 0.583. The fourth-order valence-corrected chi connectivity index (χ4v) is 1.53. The molecule has 13 heavy (non-hydrogen) atoms. The van der Waals surface area contributed by atoms with E-state index in [1.165, 1.54) is 0 Å². The Morgan fingerprint density at radius 1 is 1.46 bits per heavy atom. The highest BCUT2D eigenvalue weighted by atomic mass is 16.1. The zero-order valence-electron chi connectivity index (χ0n) is 8.97. The van der Waals surface area contributed by atoms with Gasteiger partial charge in [-0.05, 0) is 19.8 Å². The van der Waals surface area contributed by atoms with Crippen LogP contribution < -0.4 is 0 Å². The summed E-state index contributed by atoms with van der Waals surface area (Å²) >= 11 is 0. The molecule has 0 unspecified atom stereocenters. The van der Waals surface area contributed by atoms with E-state index in [2.05, 4.69) is 13.5 Å². The second kappa shape index (κ2) is 6.64. The van der Waals surface area contributed by atoms with Crippen LogP contribution in [0.25, 0.3) is 0 Å². The third kappa shape index (κ3) is 4.07. The number of hydrogen-bond acceptors (Lipinski definition) is 1. The minimum absolute atomic E-state index is 0.109. The van der Waals surface area contributed by atoms with Gasteiger partial charge in [0.15, 0.2) is 0 Å². The minimum Gasteiger partial charge on any atom is -0.299 e. The molecule has 0 N–H and O–H groups in total. The Morgan fingerprint density at radius 3 is 2.46 bits per heavy atom. The molecule has 0 fully saturated rings. The van der Waals surface area contributed by atoms with Crippen LogP contribution in [0.3, 0.4) is 0 Å². The normalized spacial score (nSPS) is 13.9. The first-order valence-corrected chi connectivity index (χ1v) is 4.99. The van der Waals surface area contributed by atoms with Gasteiger partial charge in [-0.15, -0.1) is 0 Å². The molecule has 0 amide bonds. The van der Waals surface area contributed by atoms with Crippen LogP contribution in [-0.2, 0) is 4.79 Å². The van der Waals surface area contributed by atoms with Gasteiger partial charge in [0.05, 0.1) is 0 Å². The van der Waals surface area contributed by atoms with E-state index in [9.17, 15) is 4.79 Å². The maximum atomic E-state index is 11.6. The molecule has 74 valence electrons. The van der Waals surface area contributed by atoms with Gasteiger partial charge in [-0.1, -0.05) is 38.2 Å². The molecule has 0 aliphatic rings. The molecule has 0 rings (SSSR count). The van der Waals surface area contributed by atoms with E-state index in [4.69, 9.17) is 0 Å². The van der Waals surface area contributed by atoms with Gasteiger partial charge >= 0.3 is 0 Å². The molecule has 1 atom stereocenters. The lowest BCUT2D eigenvalue weighted by Gasteiger charge is -2.13. The first-order chi connectivity index (χ1) is 6.17. The highest BCUT2D eigenvalue weighted by Gasteiger charge is 2.16. The van der Waals surface area contributed by atoms with Crippen molar-refractivity contribution in [3.05, 3.63) is 24.3 Å². The van der Waals surface area contributed by atoms with Gasteiger partial charge in [-0.2, -0.15) is 0 Å². The van der Waals surface area contributed by atoms with E-state index in [1.807, 2.05) is 19.9 Å². The van der Waals surface area contributed by atoms with Gasteiger partial charge in [-0.3, -0.25) is 4.79 Å². The topological polar surface area (TPSA) is 17.1 Å². The van der Waals surface area contributed by atoms with Crippen LogP contribution in [0.1, 0.15) is 40.0 Å². The molecule has 0 aliphatic carbocycles. The van der Waals surface area contributed by atoms with Gasteiger partial charge in [0.1, 0.15) is 5.78 Å². The van der Waals surface area contributed by atoms with Gasteiger partial charge in [0, 0.05) is 12.3 Å². The molecule has 0 aromatic carbocycles. The van der Waals surface area contributed by atoms with E-state index in [0.717, 1.165) is 18.4 Å². The molecule has 0 spiro atoms. The van der Waals surface area contributed by atoms with Gasteiger partial charge in [0.25, 0.3) is 0 Å². The predicted molar refractivity (Wildman–Crippen MR) is 57.7 cm³/mol. The highest BCUT2D eigenvalue weighted by Crippen LogP contribution is 2.18. The Balaban J connectivity index is 4.40.